The molecule has 0 amide bonds. The second-order valence-corrected chi connectivity index (χ2v) is 8.62. The van der Waals surface area contributed by atoms with Crippen molar-refractivity contribution in [2.75, 3.05) is 0 Å². The van der Waals surface area contributed by atoms with Gasteiger partial charge in [-0.05, 0) is 65.7 Å². The summed E-state index contributed by atoms with van der Waals surface area (Å²) in [5.74, 6) is -0.419. The number of hydrogen-bond donors (Lipinski definition) is 0. The largest absolute Gasteiger partial charge is 0.459 e. The Bertz CT molecular complexity index is 485. The molecule has 0 aliphatic heterocycles. The minimum Gasteiger partial charge on any atom is -0.459 e. The highest BCUT2D eigenvalue weighted by Crippen LogP contribution is 2.26. The van der Waals surface area contributed by atoms with Gasteiger partial charge >= 0.3 is 11.9 Å². The predicted molar refractivity (Wildman–Crippen MR) is 116 cm³/mol. The lowest BCUT2D eigenvalue weighted by Crippen LogP contribution is -2.31. The Hall–Kier alpha value is -1.32. The van der Waals surface area contributed by atoms with Crippen LogP contribution in [-0.2, 0) is 19.1 Å². The maximum absolute atomic E-state index is 12.2. The topological polar surface area (TPSA) is 52.6 Å². The van der Waals surface area contributed by atoms with Crippen LogP contribution in [0.4, 0.5) is 0 Å². The van der Waals surface area contributed by atoms with Crippen LogP contribution in [0.5, 0.6) is 0 Å². The molecule has 0 spiro atoms. The van der Waals surface area contributed by atoms with E-state index in [0.29, 0.717) is 12.0 Å². The van der Waals surface area contributed by atoms with Crippen molar-refractivity contribution in [2.24, 2.45) is 0 Å². The van der Waals surface area contributed by atoms with Gasteiger partial charge in [0.15, 0.2) is 0 Å². The molecule has 164 valence electrons. The molecular weight excluding hydrogens is 352 g/mol. The minimum atomic E-state index is -0.462. The van der Waals surface area contributed by atoms with Crippen LogP contribution >= 0.6 is 0 Å². The van der Waals surface area contributed by atoms with E-state index < -0.39 is 5.60 Å². The van der Waals surface area contributed by atoms with E-state index in [2.05, 4.69) is 27.4 Å². The van der Waals surface area contributed by atoms with Gasteiger partial charge in [0.2, 0.25) is 0 Å². The second kappa shape index (κ2) is 13.8. The van der Waals surface area contributed by atoms with Gasteiger partial charge in [-0.3, -0.25) is 4.79 Å². The number of hydrogen-bond acceptors (Lipinski definition) is 4. The van der Waals surface area contributed by atoms with Crippen LogP contribution < -0.4 is 0 Å². The third-order valence-electron chi connectivity index (χ3n) is 5.69. The number of rotatable bonds is 16. The molecule has 4 heteroatoms. The Labute approximate surface area is 173 Å². The normalized spacial score (nSPS) is 15.4. The third kappa shape index (κ3) is 11.5. The zero-order valence-electron chi connectivity index (χ0n) is 19.3. The van der Waals surface area contributed by atoms with Crippen molar-refractivity contribution in [1.82, 2.24) is 0 Å². The van der Waals surface area contributed by atoms with Gasteiger partial charge in [0.1, 0.15) is 11.2 Å². The maximum Gasteiger partial charge on any atom is 0.333 e. The molecule has 0 aliphatic carbocycles. The van der Waals surface area contributed by atoms with E-state index in [9.17, 15) is 9.59 Å². The minimum absolute atomic E-state index is 0.0909. The van der Waals surface area contributed by atoms with Crippen LogP contribution in [0, 0.1) is 0 Å². The molecule has 2 unspecified atom stereocenters. The smallest absolute Gasteiger partial charge is 0.333 e. The summed E-state index contributed by atoms with van der Waals surface area (Å²) in [6.07, 6.45) is 11.2. The first-order valence-corrected chi connectivity index (χ1v) is 11.2. The maximum atomic E-state index is 12.2. The van der Waals surface area contributed by atoms with Gasteiger partial charge in [-0.25, -0.2) is 4.79 Å². The van der Waals surface area contributed by atoms with Crippen LogP contribution in [0.15, 0.2) is 12.2 Å². The van der Waals surface area contributed by atoms with Gasteiger partial charge in [-0.2, -0.15) is 0 Å². The Balaban J connectivity index is 4.18. The number of ether oxygens (including phenoxy) is 2. The molecule has 0 aliphatic rings. The van der Waals surface area contributed by atoms with Crippen LogP contribution in [0.2, 0.25) is 0 Å². The standard InChI is InChI=1S/C24H44O4/c1-8-11-12-15-18-23(6,9-2)27-21(25)17-14-13-16-19-24(7,10-3)28-22(26)20(4)5/h4,8-19H2,1-3,5-7H3. The van der Waals surface area contributed by atoms with E-state index in [-0.39, 0.29) is 17.5 Å². The predicted octanol–water partition coefficient (Wildman–Crippen LogP) is 6.91. The number of esters is 2. The zero-order chi connectivity index (χ0) is 21.6. The number of carbonyl (C=O) groups excluding carboxylic acids is 2. The summed E-state index contributed by atoms with van der Waals surface area (Å²) in [4.78, 5) is 24.0. The fourth-order valence-electron chi connectivity index (χ4n) is 3.11. The van der Waals surface area contributed by atoms with Gasteiger partial charge in [-0.15, -0.1) is 0 Å². The molecular formula is C24H44O4. The van der Waals surface area contributed by atoms with Gasteiger partial charge < -0.3 is 9.47 Å². The van der Waals surface area contributed by atoms with Crippen molar-refractivity contribution >= 4 is 11.9 Å². The Morgan fingerprint density at radius 3 is 1.75 bits per heavy atom. The number of unbranched alkanes of at least 4 members (excludes halogenated alkanes) is 5. The molecule has 0 aromatic carbocycles. The monoisotopic (exact) mass is 396 g/mol. The molecule has 28 heavy (non-hydrogen) atoms. The van der Waals surface area contributed by atoms with Crippen molar-refractivity contribution in [3.63, 3.8) is 0 Å². The fourth-order valence-corrected chi connectivity index (χ4v) is 3.11. The van der Waals surface area contributed by atoms with Crippen molar-refractivity contribution in [2.45, 2.75) is 130 Å². The Morgan fingerprint density at radius 1 is 0.786 bits per heavy atom. The SMILES string of the molecule is C=C(C)C(=O)OC(C)(CC)CCCCCC(=O)OC(C)(CC)CCCCCC. The highest BCUT2D eigenvalue weighted by Gasteiger charge is 2.27. The van der Waals surface area contributed by atoms with Crippen LogP contribution in [0.25, 0.3) is 0 Å². The van der Waals surface area contributed by atoms with Crippen molar-refractivity contribution in [1.29, 1.82) is 0 Å². The molecule has 0 fully saturated rings. The third-order valence-corrected chi connectivity index (χ3v) is 5.69. The highest BCUT2D eigenvalue weighted by atomic mass is 16.6. The highest BCUT2D eigenvalue weighted by molar-refractivity contribution is 5.87. The van der Waals surface area contributed by atoms with E-state index in [1.54, 1.807) is 6.92 Å². The molecule has 0 heterocycles. The summed E-state index contributed by atoms with van der Waals surface area (Å²) >= 11 is 0. The Kier molecular flexibility index (Phi) is 13.1. The summed E-state index contributed by atoms with van der Waals surface area (Å²) in [7, 11) is 0. The van der Waals surface area contributed by atoms with Crippen molar-refractivity contribution in [3.05, 3.63) is 12.2 Å². The lowest BCUT2D eigenvalue weighted by molar-refractivity contribution is -0.159. The van der Waals surface area contributed by atoms with Gasteiger partial charge in [0.05, 0.1) is 0 Å². The van der Waals surface area contributed by atoms with E-state index in [1.165, 1.54) is 19.3 Å². The summed E-state index contributed by atoms with van der Waals surface area (Å²) in [6, 6.07) is 0. The lowest BCUT2D eigenvalue weighted by atomic mass is 9.94. The Morgan fingerprint density at radius 2 is 1.29 bits per heavy atom. The van der Waals surface area contributed by atoms with Crippen molar-refractivity contribution < 1.29 is 19.1 Å². The van der Waals surface area contributed by atoms with Gasteiger partial charge in [0, 0.05) is 12.0 Å². The van der Waals surface area contributed by atoms with Gasteiger partial charge in [-0.1, -0.05) is 53.0 Å². The molecule has 0 radical (unpaired) electrons. The first-order valence-electron chi connectivity index (χ1n) is 11.2. The molecule has 4 nitrogen and oxygen atoms in total. The van der Waals surface area contributed by atoms with E-state index in [4.69, 9.17) is 9.47 Å². The first-order chi connectivity index (χ1) is 13.1. The average Bonchev–Trinajstić information content (AvgIpc) is 2.64. The zero-order valence-corrected chi connectivity index (χ0v) is 19.3. The van der Waals surface area contributed by atoms with Crippen LogP contribution in [0.3, 0.4) is 0 Å². The fraction of sp³-hybridized carbons (Fsp3) is 0.833. The molecule has 0 N–H and O–H groups in total. The summed E-state index contributed by atoms with van der Waals surface area (Å²) in [5, 5.41) is 0. The summed E-state index contributed by atoms with van der Waals surface area (Å²) < 4.78 is 11.4. The first kappa shape index (κ1) is 26.7. The molecule has 0 saturated heterocycles. The van der Waals surface area contributed by atoms with Crippen LogP contribution in [0.1, 0.15) is 119 Å². The molecule has 0 bridgehead atoms. The van der Waals surface area contributed by atoms with E-state index >= 15 is 0 Å². The van der Waals surface area contributed by atoms with Gasteiger partial charge in [0.25, 0.3) is 0 Å². The molecule has 0 aromatic rings. The average molecular weight is 397 g/mol. The second-order valence-electron chi connectivity index (χ2n) is 8.62. The molecule has 0 aromatic heterocycles. The molecule has 0 rings (SSSR count). The number of carbonyl (C=O) groups is 2. The van der Waals surface area contributed by atoms with Crippen molar-refractivity contribution in [3.8, 4) is 0 Å². The lowest BCUT2D eigenvalue weighted by Gasteiger charge is -2.29. The molecule has 0 saturated carbocycles. The molecule has 2 atom stereocenters. The van der Waals surface area contributed by atoms with E-state index in [1.807, 2.05) is 13.8 Å². The van der Waals surface area contributed by atoms with E-state index in [0.717, 1.165) is 51.4 Å². The summed E-state index contributed by atoms with van der Waals surface area (Å²) in [5.41, 5.74) is -0.367. The van der Waals surface area contributed by atoms with Crippen LogP contribution in [-0.4, -0.2) is 23.1 Å². The quantitative estimate of drug-likeness (QED) is 0.162. The summed E-state index contributed by atoms with van der Waals surface area (Å²) in [6.45, 7) is 15.6.